The number of ether oxygens (including phenoxy) is 3. The fraction of sp³-hybridized carbons (Fsp3) is 0.439. The number of benzene rings is 3. The monoisotopic (exact) mass is 815 g/mol. The minimum absolute atomic E-state index is 0.0376. The number of halogens is 1. The average molecular weight is 817 g/mol. The molecule has 0 aliphatic carbocycles. The van der Waals surface area contributed by atoms with E-state index in [1.807, 2.05) is 36.1 Å². The van der Waals surface area contributed by atoms with Crippen LogP contribution in [0.4, 0.5) is 16.3 Å². The third-order valence-corrected chi connectivity index (χ3v) is 10.4. The maximum Gasteiger partial charge on any atom is 0.328 e. The maximum atomic E-state index is 12.9. The van der Waals surface area contributed by atoms with E-state index in [9.17, 15) is 14.4 Å². The lowest BCUT2D eigenvalue weighted by Gasteiger charge is -2.34. The summed E-state index contributed by atoms with van der Waals surface area (Å²) < 4.78 is 18.7. The van der Waals surface area contributed by atoms with Gasteiger partial charge in [0.1, 0.15) is 17.4 Å². The fourth-order valence-corrected chi connectivity index (χ4v) is 7.28. The molecule has 0 saturated carbocycles. The molecule has 1 aromatic heterocycles. The maximum absolute atomic E-state index is 12.9. The van der Waals surface area contributed by atoms with Crippen LogP contribution in [0, 0.1) is 6.92 Å². The summed E-state index contributed by atoms with van der Waals surface area (Å²) in [4.78, 5) is 51.7. The standard InChI is InChI=1S/C41H50BrN7O6/c1-28(30-11-9-12-31(42)23-30)43-40-34-25-36(53-3)37(26-35(34)44-29(2)45-40)54-22-8-6-4-5-7-16-47-18-20-48(21-19-47)39(51)27-55-33-14-10-13-32(24-33)49-17-15-38(50)46-41(49)52/h9-14,23-26,28H,4-8,15-22,27H2,1-3H3,(H,43,44,45)(H,46,50,52)/t28-/m1/s1. The van der Waals surface area contributed by atoms with Gasteiger partial charge in [-0.1, -0.05) is 53.4 Å². The van der Waals surface area contributed by atoms with Crippen molar-refractivity contribution < 1.29 is 28.6 Å². The first kappa shape index (κ1) is 39.7. The van der Waals surface area contributed by atoms with Crippen LogP contribution in [0.3, 0.4) is 0 Å². The van der Waals surface area contributed by atoms with Gasteiger partial charge in [-0.25, -0.2) is 14.8 Å². The number of methoxy groups -OCH3 is 1. The number of piperazine rings is 1. The fourth-order valence-electron chi connectivity index (χ4n) is 6.86. The van der Waals surface area contributed by atoms with Crippen LogP contribution in [0.25, 0.3) is 10.9 Å². The SMILES string of the molecule is COc1cc2c(N[C@H](C)c3cccc(Br)c3)nc(C)nc2cc1OCCCCCCCN1CCN(C(=O)COc2cccc(N3CCC(=O)NC3=O)c2)CC1. The van der Waals surface area contributed by atoms with E-state index < -0.39 is 6.03 Å². The number of aryl methyl sites for hydroxylation is 1. The van der Waals surface area contributed by atoms with Crippen molar-refractivity contribution in [2.24, 2.45) is 0 Å². The molecule has 0 radical (unpaired) electrons. The predicted octanol–water partition coefficient (Wildman–Crippen LogP) is 6.88. The zero-order valence-corrected chi connectivity index (χ0v) is 33.4. The van der Waals surface area contributed by atoms with E-state index in [4.69, 9.17) is 24.2 Å². The van der Waals surface area contributed by atoms with Crippen LogP contribution in [-0.4, -0.2) is 97.2 Å². The van der Waals surface area contributed by atoms with Gasteiger partial charge in [0.2, 0.25) is 5.91 Å². The molecule has 3 aromatic carbocycles. The number of hydrogen-bond donors (Lipinski definition) is 2. The number of fused-ring (bicyclic) bond motifs is 1. The summed E-state index contributed by atoms with van der Waals surface area (Å²) in [5, 5.41) is 6.76. The highest BCUT2D eigenvalue weighted by Gasteiger charge is 2.25. The topological polar surface area (TPSA) is 138 Å². The van der Waals surface area contributed by atoms with Gasteiger partial charge in [0.05, 0.1) is 25.3 Å². The number of anilines is 2. The molecule has 6 rings (SSSR count). The van der Waals surface area contributed by atoms with Gasteiger partial charge in [0, 0.05) is 66.8 Å². The first-order valence-electron chi connectivity index (χ1n) is 19.0. The number of hydrogen-bond acceptors (Lipinski definition) is 10. The summed E-state index contributed by atoms with van der Waals surface area (Å²) in [6, 6.07) is 18.7. The van der Waals surface area contributed by atoms with E-state index in [2.05, 4.69) is 50.5 Å². The highest BCUT2D eigenvalue weighted by molar-refractivity contribution is 9.10. The summed E-state index contributed by atoms with van der Waals surface area (Å²) >= 11 is 3.56. The normalized spacial score (nSPS) is 15.5. The molecule has 4 aromatic rings. The number of unbranched alkanes of at least 4 members (excludes halogenated alkanes) is 4. The molecular formula is C41H50BrN7O6. The van der Waals surface area contributed by atoms with E-state index in [0.29, 0.717) is 55.0 Å². The largest absolute Gasteiger partial charge is 0.493 e. The number of aromatic nitrogens is 2. The summed E-state index contributed by atoms with van der Waals surface area (Å²) in [6.45, 7) is 8.90. The lowest BCUT2D eigenvalue weighted by Crippen LogP contribution is -2.50. The summed E-state index contributed by atoms with van der Waals surface area (Å²) in [5.74, 6) is 2.94. The van der Waals surface area contributed by atoms with Crippen LogP contribution >= 0.6 is 15.9 Å². The molecule has 3 heterocycles. The minimum Gasteiger partial charge on any atom is -0.493 e. The highest BCUT2D eigenvalue weighted by Crippen LogP contribution is 2.36. The van der Waals surface area contributed by atoms with Crippen molar-refractivity contribution in [3.8, 4) is 17.2 Å². The molecule has 0 spiro atoms. The molecule has 2 fully saturated rings. The third-order valence-electron chi connectivity index (χ3n) is 9.94. The predicted molar refractivity (Wildman–Crippen MR) is 216 cm³/mol. The lowest BCUT2D eigenvalue weighted by atomic mass is 10.1. The number of imide groups is 1. The molecule has 55 heavy (non-hydrogen) atoms. The Morgan fingerprint density at radius 3 is 2.47 bits per heavy atom. The van der Waals surface area contributed by atoms with E-state index in [1.165, 1.54) is 4.90 Å². The Morgan fingerprint density at radius 2 is 1.69 bits per heavy atom. The Bertz CT molecular complexity index is 1970. The second-order valence-corrected chi connectivity index (χ2v) is 14.9. The quantitative estimate of drug-likeness (QED) is 0.109. The van der Waals surface area contributed by atoms with Crippen molar-refractivity contribution in [1.82, 2.24) is 25.1 Å². The van der Waals surface area contributed by atoms with Gasteiger partial charge in [-0.2, -0.15) is 0 Å². The lowest BCUT2D eigenvalue weighted by molar-refractivity contribution is -0.135. The number of carbonyl (C=O) groups excluding carboxylic acids is 3. The second-order valence-electron chi connectivity index (χ2n) is 13.9. The number of nitrogens with one attached hydrogen (secondary N) is 2. The molecular weight excluding hydrogens is 766 g/mol. The van der Waals surface area contributed by atoms with Crippen molar-refractivity contribution in [3.05, 3.63) is 76.5 Å². The smallest absolute Gasteiger partial charge is 0.328 e. The number of rotatable bonds is 17. The van der Waals surface area contributed by atoms with Crippen LogP contribution < -0.4 is 29.7 Å². The third kappa shape index (κ3) is 10.8. The molecule has 292 valence electrons. The molecule has 2 aliphatic heterocycles. The van der Waals surface area contributed by atoms with Crippen molar-refractivity contribution in [2.45, 2.75) is 58.4 Å². The Hall–Kier alpha value is -4.95. The Morgan fingerprint density at radius 1 is 0.909 bits per heavy atom. The Balaban J connectivity index is 0.866. The van der Waals surface area contributed by atoms with Crippen LogP contribution in [0.2, 0.25) is 0 Å². The molecule has 0 unspecified atom stereocenters. The van der Waals surface area contributed by atoms with Gasteiger partial charge in [0.15, 0.2) is 18.1 Å². The van der Waals surface area contributed by atoms with Crippen molar-refractivity contribution in [3.63, 3.8) is 0 Å². The van der Waals surface area contributed by atoms with Crippen LogP contribution in [-0.2, 0) is 9.59 Å². The number of carbonyl (C=O) groups is 3. The van der Waals surface area contributed by atoms with Crippen molar-refractivity contribution in [2.75, 3.05) is 69.8 Å². The van der Waals surface area contributed by atoms with Crippen LogP contribution in [0.1, 0.15) is 62.9 Å². The number of urea groups is 1. The zero-order valence-electron chi connectivity index (χ0n) is 31.8. The highest BCUT2D eigenvalue weighted by atomic mass is 79.9. The number of nitrogens with zero attached hydrogens (tertiary/aromatic N) is 5. The molecule has 2 aliphatic rings. The molecule has 1 atom stereocenters. The van der Waals surface area contributed by atoms with E-state index in [0.717, 1.165) is 78.5 Å². The number of amides is 4. The van der Waals surface area contributed by atoms with Crippen LogP contribution in [0.15, 0.2) is 65.1 Å². The average Bonchev–Trinajstić information content (AvgIpc) is 3.18. The van der Waals surface area contributed by atoms with E-state index >= 15 is 0 Å². The van der Waals surface area contributed by atoms with Crippen molar-refractivity contribution >= 4 is 56.2 Å². The molecule has 2 N–H and O–H groups in total. The summed E-state index contributed by atoms with van der Waals surface area (Å²) in [5.41, 5.74) is 2.57. The van der Waals surface area contributed by atoms with E-state index in [1.54, 1.807) is 31.4 Å². The van der Waals surface area contributed by atoms with Gasteiger partial charge in [-0.05, 0) is 69.1 Å². The first-order valence-corrected chi connectivity index (χ1v) is 19.8. The second kappa shape index (κ2) is 19.1. The molecule has 2 saturated heterocycles. The van der Waals surface area contributed by atoms with Gasteiger partial charge < -0.3 is 24.4 Å². The first-order chi connectivity index (χ1) is 26.7. The summed E-state index contributed by atoms with van der Waals surface area (Å²) in [6.07, 6.45) is 5.66. The van der Waals surface area contributed by atoms with Gasteiger partial charge in [-0.15, -0.1) is 0 Å². The Labute approximate surface area is 330 Å². The molecule has 14 heteroatoms. The van der Waals surface area contributed by atoms with Crippen molar-refractivity contribution in [1.29, 1.82) is 0 Å². The van der Waals surface area contributed by atoms with Gasteiger partial charge in [0.25, 0.3) is 5.91 Å². The molecule has 13 nitrogen and oxygen atoms in total. The van der Waals surface area contributed by atoms with E-state index in [-0.39, 0.29) is 30.9 Å². The summed E-state index contributed by atoms with van der Waals surface area (Å²) in [7, 11) is 1.65. The van der Waals surface area contributed by atoms with Gasteiger partial charge in [-0.3, -0.25) is 24.7 Å². The van der Waals surface area contributed by atoms with Crippen LogP contribution in [0.5, 0.6) is 17.2 Å². The van der Waals surface area contributed by atoms with Gasteiger partial charge >= 0.3 is 6.03 Å². The molecule has 4 amide bonds. The zero-order chi connectivity index (χ0) is 38.7. The Kier molecular flexibility index (Phi) is 13.8. The molecule has 0 bridgehead atoms. The minimum atomic E-state index is -0.454.